The van der Waals surface area contributed by atoms with Crippen molar-refractivity contribution in [2.45, 2.75) is 78.6 Å². The summed E-state index contributed by atoms with van der Waals surface area (Å²) >= 11 is 0. The van der Waals surface area contributed by atoms with E-state index in [0.717, 1.165) is 19.3 Å². The van der Waals surface area contributed by atoms with Crippen molar-refractivity contribution < 1.29 is 38.2 Å². The first kappa shape index (κ1) is 28.5. The first-order valence-electron chi connectivity index (χ1n) is 14.2. The molecule has 8 nitrogen and oxygen atoms in total. The predicted molar refractivity (Wildman–Crippen MR) is 143 cm³/mol. The number of Topliss-reactive ketones (excluding diaryl/α,β-unsaturated/α-hetero) is 1. The average Bonchev–Trinajstić information content (AvgIpc) is 3.45. The summed E-state index contributed by atoms with van der Waals surface area (Å²) in [6, 6.07) is 3.02. The Morgan fingerprint density at radius 3 is 2.74 bits per heavy atom. The van der Waals surface area contributed by atoms with Gasteiger partial charge in [0.2, 0.25) is 0 Å². The van der Waals surface area contributed by atoms with Crippen LogP contribution in [0.25, 0.3) is 0 Å². The summed E-state index contributed by atoms with van der Waals surface area (Å²) in [5, 5.41) is 24.9. The topological polar surface area (TPSA) is 114 Å². The molecule has 3 N–H and O–H groups in total. The van der Waals surface area contributed by atoms with Crippen molar-refractivity contribution in [3.05, 3.63) is 23.5 Å². The maximum absolute atomic E-state index is 15.0. The predicted octanol–water partition coefficient (Wildman–Crippen LogP) is 2.36. The van der Waals surface area contributed by atoms with Crippen LogP contribution in [0.15, 0.2) is 12.1 Å². The summed E-state index contributed by atoms with van der Waals surface area (Å²) in [5.41, 5.74) is -1.02. The van der Waals surface area contributed by atoms with Crippen LogP contribution in [0.2, 0.25) is 0 Å². The third kappa shape index (κ3) is 4.33. The number of ether oxygens (including phenoxy) is 2. The molecule has 3 saturated carbocycles. The number of carbonyl (C=O) groups is 2. The quantitative estimate of drug-likeness (QED) is 0.369. The summed E-state index contributed by atoms with van der Waals surface area (Å²) < 4.78 is 31.8. The molecule has 1 heterocycles. The SMILES string of the molecule is CNC[C@]1(C)C[C@@H](OC(=O)COc2ccc3c(c2F)B(O)OC3)[C@@]2(C)[C@@H]3C(=O)CC[C@@]3(CC[C@@H]2C)[C@@H](C)[C@@H]1O. The van der Waals surface area contributed by atoms with Crippen molar-refractivity contribution in [2.75, 3.05) is 20.2 Å². The molecule has 2 bridgehead atoms. The Balaban J connectivity index is 1.45. The Kier molecular flexibility index (Phi) is 7.40. The number of esters is 1. The van der Waals surface area contributed by atoms with Gasteiger partial charge in [0.1, 0.15) is 11.9 Å². The highest BCUT2D eigenvalue weighted by atomic mass is 19.1. The smallest absolute Gasteiger partial charge is 0.479 e. The van der Waals surface area contributed by atoms with Gasteiger partial charge in [-0.2, -0.15) is 0 Å². The lowest BCUT2D eigenvalue weighted by molar-refractivity contribution is -0.212. The Labute approximate surface area is 230 Å². The van der Waals surface area contributed by atoms with Crippen LogP contribution < -0.4 is 15.5 Å². The zero-order chi connectivity index (χ0) is 28.3. The van der Waals surface area contributed by atoms with Crippen molar-refractivity contribution in [2.24, 2.45) is 34.0 Å². The molecule has 0 spiro atoms. The lowest BCUT2D eigenvalue weighted by atomic mass is 9.44. The maximum atomic E-state index is 15.0. The van der Waals surface area contributed by atoms with E-state index < -0.39 is 48.5 Å². The van der Waals surface area contributed by atoms with Crippen molar-refractivity contribution in [1.29, 1.82) is 0 Å². The van der Waals surface area contributed by atoms with E-state index >= 15 is 0 Å². The second-order valence-corrected chi connectivity index (χ2v) is 12.9. The monoisotopic (exact) mass is 545 g/mol. The van der Waals surface area contributed by atoms with Crippen LogP contribution in [0.5, 0.6) is 5.75 Å². The molecule has 1 aromatic rings. The second kappa shape index (κ2) is 10.1. The van der Waals surface area contributed by atoms with Gasteiger partial charge in [-0.05, 0) is 61.6 Å². The van der Waals surface area contributed by atoms with Gasteiger partial charge in [0.05, 0.1) is 12.7 Å². The van der Waals surface area contributed by atoms with E-state index in [1.165, 1.54) is 6.07 Å². The van der Waals surface area contributed by atoms with Crippen LogP contribution in [0.4, 0.5) is 4.39 Å². The number of aliphatic hydroxyl groups excluding tert-OH is 1. The number of ketones is 1. The zero-order valence-electron chi connectivity index (χ0n) is 23.6. The van der Waals surface area contributed by atoms with Crippen LogP contribution in [-0.4, -0.2) is 61.4 Å². The normalized spacial score (nSPS) is 39.5. The third-order valence-electron chi connectivity index (χ3n) is 11.0. The van der Waals surface area contributed by atoms with E-state index in [9.17, 15) is 24.1 Å². The average molecular weight is 545 g/mol. The summed E-state index contributed by atoms with van der Waals surface area (Å²) in [4.78, 5) is 26.8. The third-order valence-corrected chi connectivity index (χ3v) is 11.0. The van der Waals surface area contributed by atoms with Gasteiger partial charge in [-0.15, -0.1) is 0 Å². The lowest BCUT2D eigenvalue weighted by Crippen LogP contribution is -2.64. The molecule has 8 atom stereocenters. The van der Waals surface area contributed by atoms with Crippen LogP contribution in [0.1, 0.15) is 65.4 Å². The number of aliphatic hydroxyl groups is 1. The fourth-order valence-electron chi connectivity index (χ4n) is 8.63. The summed E-state index contributed by atoms with van der Waals surface area (Å²) in [7, 11) is 0.468. The highest BCUT2D eigenvalue weighted by Crippen LogP contribution is 2.67. The van der Waals surface area contributed by atoms with Gasteiger partial charge in [0.25, 0.3) is 0 Å². The van der Waals surface area contributed by atoms with Crippen molar-refractivity contribution in [3.63, 3.8) is 0 Å². The van der Waals surface area contributed by atoms with Gasteiger partial charge in [0.15, 0.2) is 18.2 Å². The Morgan fingerprint density at radius 1 is 1.28 bits per heavy atom. The van der Waals surface area contributed by atoms with E-state index in [2.05, 4.69) is 26.1 Å². The van der Waals surface area contributed by atoms with Gasteiger partial charge in [-0.3, -0.25) is 4.79 Å². The molecular formula is C29H41BFNO7. The van der Waals surface area contributed by atoms with Crippen LogP contribution in [0.3, 0.4) is 0 Å². The molecule has 0 amide bonds. The number of rotatable bonds is 6. The van der Waals surface area contributed by atoms with Gasteiger partial charge in [-0.1, -0.05) is 33.8 Å². The first-order valence-corrected chi connectivity index (χ1v) is 14.2. The molecule has 5 rings (SSSR count). The minimum Gasteiger partial charge on any atom is -0.479 e. The van der Waals surface area contributed by atoms with Crippen LogP contribution in [-0.2, 0) is 25.6 Å². The number of benzene rings is 1. The highest BCUT2D eigenvalue weighted by molar-refractivity contribution is 6.61. The summed E-state index contributed by atoms with van der Waals surface area (Å²) in [5.74, 6) is -1.68. The van der Waals surface area contributed by atoms with Crippen molar-refractivity contribution in [3.8, 4) is 5.75 Å². The molecule has 0 radical (unpaired) electrons. The number of halogens is 1. The van der Waals surface area contributed by atoms with E-state index in [-0.39, 0.29) is 46.8 Å². The molecule has 39 heavy (non-hydrogen) atoms. The fraction of sp³-hybridized carbons (Fsp3) is 0.724. The first-order chi connectivity index (χ1) is 18.4. The molecule has 0 saturated heterocycles. The van der Waals surface area contributed by atoms with E-state index in [4.69, 9.17) is 14.1 Å². The minimum absolute atomic E-state index is 0.0199. The van der Waals surface area contributed by atoms with Gasteiger partial charge < -0.3 is 29.6 Å². The van der Waals surface area contributed by atoms with E-state index in [1.807, 2.05) is 14.0 Å². The second-order valence-electron chi connectivity index (χ2n) is 12.9. The summed E-state index contributed by atoms with van der Waals surface area (Å²) in [6.07, 6.45) is 2.01. The zero-order valence-corrected chi connectivity index (χ0v) is 23.6. The maximum Gasteiger partial charge on any atom is 0.494 e. The molecule has 0 unspecified atom stereocenters. The molecule has 1 aromatic carbocycles. The molecule has 1 aliphatic heterocycles. The Hall–Kier alpha value is -2.01. The number of fused-ring (bicyclic) bond motifs is 1. The van der Waals surface area contributed by atoms with E-state index in [1.54, 1.807) is 6.07 Å². The summed E-state index contributed by atoms with van der Waals surface area (Å²) in [6.45, 7) is 8.43. The van der Waals surface area contributed by atoms with Gasteiger partial charge in [-0.25, -0.2) is 9.18 Å². The fourth-order valence-corrected chi connectivity index (χ4v) is 8.63. The number of hydrogen-bond acceptors (Lipinski definition) is 8. The molecular weight excluding hydrogens is 504 g/mol. The minimum atomic E-state index is -1.37. The largest absolute Gasteiger partial charge is 0.494 e. The number of carbonyl (C=O) groups excluding carboxylic acids is 2. The van der Waals surface area contributed by atoms with Crippen LogP contribution in [0, 0.1) is 39.8 Å². The number of hydrogen-bond donors (Lipinski definition) is 3. The Bertz CT molecular complexity index is 1150. The molecule has 4 aliphatic rings. The lowest BCUT2D eigenvalue weighted by Gasteiger charge is -2.62. The van der Waals surface area contributed by atoms with Gasteiger partial charge >= 0.3 is 13.1 Å². The van der Waals surface area contributed by atoms with Crippen LogP contribution >= 0.6 is 0 Å². The van der Waals surface area contributed by atoms with E-state index in [0.29, 0.717) is 24.9 Å². The van der Waals surface area contributed by atoms with Gasteiger partial charge in [0, 0.05) is 35.2 Å². The Morgan fingerprint density at radius 2 is 2.03 bits per heavy atom. The molecule has 0 aromatic heterocycles. The highest BCUT2D eigenvalue weighted by Gasteiger charge is 2.68. The number of nitrogens with one attached hydrogen (secondary N) is 1. The molecule has 214 valence electrons. The molecule has 10 heteroatoms. The van der Waals surface area contributed by atoms with Crippen molar-refractivity contribution in [1.82, 2.24) is 5.32 Å². The van der Waals surface area contributed by atoms with Crippen molar-refractivity contribution >= 4 is 24.3 Å². The molecule has 3 fully saturated rings. The molecule has 3 aliphatic carbocycles. The standard InChI is InChI=1S/C29H41BFNO7/c1-16-8-10-29-11-9-19(33)25(29)28(16,4)21(12-27(3,15-32-5)26(35)17(29)2)39-22(34)14-37-20-7-6-18-13-38-30(36)23(18)24(20)31/h6-7,16-17,21,25-26,32,35-36H,8-15H2,1-5H3/t16-,17-,21+,25-,26-,27-,28-,29-/m0/s1.